The van der Waals surface area contributed by atoms with Gasteiger partial charge in [-0.15, -0.1) is 0 Å². The van der Waals surface area contributed by atoms with Crippen LogP contribution in [0.3, 0.4) is 0 Å². The number of Topliss-reactive ketones (excluding diaryl/α,β-unsaturated/α-hetero) is 1. The van der Waals surface area contributed by atoms with E-state index in [1.165, 1.54) is 0 Å². The first-order valence-corrected chi connectivity index (χ1v) is 7.51. The number of nitrogens with zero attached hydrogens (tertiary/aromatic N) is 1. The van der Waals surface area contributed by atoms with E-state index in [0.29, 0.717) is 17.1 Å². The van der Waals surface area contributed by atoms with Crippen LogP contribution in [-0.4, -0.2) is 23.6 Å². The number of amides is 1. The van der Waals surface area contributed by atoms with Gasteiger partial charge in [-0.25, -0.2) is 0 Å². The largest absolute Gasteiger partial charge is 0.341 e. The number of carbonyl (C=O) groups excluding carboxylic acids is 2. The first kappa shape index (κ1) is 16.2. The topological polar surface area (TPSA) is 37.4 Å². The van der Waals surface area contributed by atoms with Crippen molar-refractivity contribution in [1.82, 2.24) is 4.90 Å². The van der Waals surface area contributed by atoms with Crippen LogP contribution in [-0.2, 0) is 11.3 Å². The van der Waals surface area contributed by atoms with Crippen LogP contribution in [0.5, 0.6) is 0 Å². The second-order valence-electron chi connectivity index (χ2n) is 5.13. The molecule has 0 aliphatic heterocycles. The van der Waals surface area contributed by atoms with Crippen molar-refractivity contribution < 1.29 is 9.59 Å². The molecule has 0 aliphatic carbocycles. The van der Waals surface area contributed by atoms with E-state index in [2.05, 4.69) is 0 Å². The summed E-state index contributed by atoms with van der Waals surface area (Å²) in [7, 11) is 1.72. The van der Waals surface area contributed by atoms with Crippen LogP contribution in [0.4, 0.5) is 0 Å². The third-order valence-corrected chi connectivity index (χ3v) is 3.82. The molecule has 0 bridgehead atoms. The summed E-state index contributed by atoms with van der Waals surface area (Å²) in [5, 5.41) is 0.641. The molecule has 0 heterocycles. The highest BCUT2D eigenvalue weighted by atomic mass is 35.5. The SMILES string of the molecule is CN(Cc1ccccc1Cl)C(=O)CCC(=O)c1ccccc1. The van der Waals surface area contributed by atoms with Gasteiger partial charge in [0.25, 0.3) is 0 Å². The van der Waals surface area contributed by atoms with E-state index in [1.54, 1.807) is 30.1 Å². The Labute approximate surface area is 135 Å². The number of benzene rings is 2. The lowest BCUT2D eigenvalue weighted by molar-refractivity contribution is -0.130. The van der Waals surface area contributed by atoms with Crippen LogP contribution in [0.1, 0.15) is 28.8 Å². The molecule has 2 aromatic rings. The lowest BCUT2D eigenvalue weighted by Crippen LogP contribution is -2.26. The minimum atomic E-state index is -0.0656. The predicted molar refractivity (Wildman–Crippen MR) is 87.9 cm³/mol. The molecule has 0 saturated heterocycles. The van der Waals surface area contributed by atoms with E-state index in [9.17, 15) is 9.59 Å². The van der Waals surface area contributed by atoms with Gasteiger partial charge in [-0.2, -0.15) is 0 Å². The summed E-state index contributed by atoms with van der Waals surface area (Å²) in [4.78, 5) is 25.7. The van der Waals surface area contributed by atoms with Crippen molar-refractivity contribution in [2.75, 3.05) is 7.05 Å². The van der Waals surface area contributed by atoms with E-state index < -0.39 is 0 Å². The van der Waals surface area contributed by atoms with Crippen molar-refractivity contribution in [2.24, 2.45) is 0 Å². The number of ketones is 1. The summed E-state index contributed by atoms with van der Waals surface area (Å²) in [6.07, 6.45) is 0.421. The van der Waals surface area contributed by atoms with Crippen molar-refractivity contribution in [3.05, 3.63) is 70.7 Å². The monoisotopic (exact) mass is 315 g/mol. The fourth-order valence-corrected chi connectivity index (χ4v) is 2.35. The van der Waals surface area contributed by atoms with Crippen molar-refractivity contribution >= 4 is 23.3 Å². The van der Waals surface area contributed by atoms with Gasteiger partial charge in [-0.1, -0.05) is 60.1 Å². The van der Waals surface area contributed by atoms with Gasteiger partial charge in [-0.05, 0) is 11.6 Å². The third kappa shape index (κ3) is 4.43. The Morgan fingerprint density at radius 2 is 1.59 bits per heavy atom. The van der Waals surface area contributed by atoms with Crippen LogP contribution in [0.15, 0.2) is 54.6 Å². The van der Waals surface area contributed by atoms with Crippen LogP contribution < -0.4 is 0 Å². The summed E-state index contributed by atoms with van der Waals surface area (Å²) in [5.74, 6) is -0.0794. The normalized spacial score (nSPS) is 10.3. The molecule has 22 heavy (non-hydrogen) atoms. The molecule has 4 heteroatoms. The van der Waals surface area contributed by atoms with Crippen molar-refractivity contribution in [3.8, 4) is 0 Å². The number of hydrogen-bond acceptors (Lipinski definition) is 2. The fraction of sp³-hybridized carbons (Fsp3) is 0.222. The standard InChI is InChI=1S/C18H18ClNO2/c1-20(13-15-9-5-6-10-16(15)19)18(22)12-11-17(21)14-7-3-2-4-8-14/h2-10H,11-13H2,1H3. The summed E-state index contributed by atoms with van der Waals surface area (Å²) < 4.78 is 0. The third-order valence-electron chi connectivity index (χ3n) is 3.45. The lowest BCUT2D eigenvalue weighted by Gasteiger charge is -2.17. The zero-order valence-corrected chi connectivity index (χ0v) is 13.2. The molecule has 0 aliphatic rings. The summed E-state index contributed by atoms with van der Waals surface area (Å²) in [5.41, 5.74) is 1.54. The molecule has 0 atom stereocenters. The summed E-state index contributed by atoms with van der Waals surface area (Å²) in [6.45, 7) is 0.442. The zero-order chi connectivity index (χ0) is 15.9. The van der Waals surface area contributed by atoms with Gasteiger partial charge in [0.05, 0.1) is 0 Å². The smallest absolute Gasteiger partial charge is 0.223 e. The van der Waals surface area contributed by atoms with Gasteiger partial charge in [-0.3, -0.25) is 9.59 Å². The van der Waals surface area contributed by atoms with Gasteiger partial charge in [0.1, 0.15) is 0 Å². The maximum Gasteiger partial charge on any atom is 0.223 e. The van der Waals surface area contributed by atoms with E-state index in [1.807, 2.05) is 36.4 Å². The Bertz CT molecular complexity index is 655. The second-order valence-corrected chi connectivity index (χ2v) is 5.54. The highest BCUT2D eigenvalue weighted by Crippen LogP contribution is 2.17. The molecule has 0 unspecified atom stereocenters. The zero-order valence-electron chi connectivity index (χ0n) is 12.5. The average molecular weight is 316 g/mol. The van der Waals surface area contributed by atoms with Crippen LogP contribution in [0.25, 0.3) is 0 Å². The Morgan fingerprint density at radius 1 is 0.955 bits per heavy atom. The Hall–Kier alpha value is -2.13. The number of halogens is 1. The quantitative estimate of drug-likeness (QED) is 0.757. The molecule has 3 nitrogen and oxygen atoms in total. The maximum absolute atomic E-state index is 12.1. The van der Waals surface area contributed by atoms with Gasteiger partial charge < -0.3 is 4.90 Å². The minimum Gasteiger partial charge on any atom is -0.341 e. The molecule has 1 amide bonds. The van der Waals surface area contributed by atoms with Gasteiger partial charge in [0.2, 0.25) is 5.91 Å². The number of carbonyl (C=O) groups is 2. The molecule has 114 valence electrons. The molecular formula is C18H18ClNO2. The highest BCUT2D eigenvalue weighted by Gasteiger charge is 2.13. The van der Waals surface area contributed by atoms with Crippen LogP contribution in [0.2, 0.25) is 5.02 Å². The highest BCUT2D eigenvalue weighted by molar-refractivity contribution is 6.31. The number of hydrogen-bond donors (Lipinski definition) is 0. The summed E-state index contributed by atoms with van der Waals surface area (Å²) in [6, 6.07) is 16.5. The summed E-state index contributed by atoms with van der Waals surface area (Å²) >= 11 is 6.09. The van der Waals surface area contributed by atoms with Gasteiger partial charge in [0, 0.05) is 37.0 Å². The van der Waals surface area contributed by atoms with Crippen molar-refractivity contribution in [3.63, 3.8) is 0 Å². The van der Waals surface area contributed by atoms with Crippen molar-refractivity contribution in [1.29, 1.82) is 0 Å². The van der Waals surface area contributed by atoms with Gasteiger partial charge >= 0.3 is 0 Å². The molecule has 2 aromatic carbocycles. The fourth-order valence-electron chi connectivity index (χ4n) is 2.15. The van der Waals surface area contributed by atoms with Gasteiger partial charge in [0.15, 0.2) is 5.78 Å². The first-order valence-electron chi connectivity index (χ1n) is 7.13. The molecule has 2 rings (SSSR count). The Morgan fingerprint density at radius 3 is 2.27 bits per heavy atom. The van der Waals surface area contributed by atoms with E-state index >= 15 is 0 Å². The molecule has 0 aromatic heterocycles. The minimum absolute atomic E-state index is 0.0138. The first-order chi connectivity index (χ1) is 10.6. The molecule has 0 spiro atoms. The molecule has 0 radical (unpaired) electrons. The molecule has 0 saturated carbocycles. The second kappa shape index (κ2) is 7.76. The van der Waals surface area contributed by atoms with Crippen molar-refractivity contribution in [2.45, 2.75) is 19.4 Å². The Kier molecular flexibility index (Phi) is 5.73. The van der Waals surface area contributed by atoms with E-state index in [4.69, 9.17) is 11.6 Å². The number of rotatable bonds is 6. The van der Waals surface area contributed by atoms with Crippen LogP contribution in [0, 0.1) is 0 Å². The maximum atomic E-state index is 12.1. The predicted octanol–water partition coefficient (Wildman–Crippen LogP) is 3.96. The van der Waals surface area contributed by atoms with Crippen LogP contribution >= 0.6 is 11.6 Å². The lowest BCUT2D eigenvalue weighted by atomic mass is 10.1. The Balaban J connectivity index is 1.87. The average Bonchev–Trinajstić information content (AvgIpc) is 2.55. The molecular weight excluding hydrogens is 298 g/mol. The molecule has 0 N–H and O–H groups in total. The van der Waals surface area contributed by atoms with E-state index in [-0.39, 0.29) is 24.5 Å². The van der Waals surface area contributed by atoms with E-state index in [0.717, 1.165) is 5.56 Å². The molecule has 0 fully saturated rings.